The molecule has 0 saturated carbocycles. The minimum atomic E-state index is -0.0894. The van der Waals surface area contributed by atoms with Crippen LogP contribution in [0, 0.1) is 11.8 Å². The van der Waals surface area contributed by atoms with Crippen LogP contribution in [0.3, 0.4) is 0 Å². The Labute approximate surface area is 135 Å². The molecule has 2 fully saturated rings. The molecule has 5 heteroatoms. The Morgan fingerprint density at radius 3 is 2.82 bits per heavy atom. The number of hydrogen-bond acceptors (Lipinski definition) is 4. The van der Waals surface area contributed by atoms with E-state index < -0.39 is 0 Å². The van der Waals surface area contributed by atoms with Crippen LogP contribution in [0.5, 0.6) is 0 Å². The molecule has 1 aromatic heterocycles. The molecule has 118 valence electrons. The van der Waals surface area contributed by atoms with E-state index in [9.17, 15) is 4.79 Å². The third kappa shape index (κ3) is 3.70. The van der Waals surface area contributed by atoms with Crippen LogP contribution < -0.4 is 0 Å². The van der Waals surface area contributed by atoms with E-state index in [-0.39, 0.29) is 6.61 Å². The van der Waals surface area contributed by atoms with E-state index in [1.165, 1.54) is 4.88 Å². The quantitative estimate of drug-likeness (QED) is 0.863. The summed E-state index contributed by atoms with van der Waals surface area (Å²) in [6.45, 7) is 3.95. The first kappa shape index (κ1) is 15.5. The number of piperidine rings is 1. The highest BCUT2D eigenvalue weighted by atomic mass is 32.1. The highest BCUT2D eigenvalue weighted by Crippen LogP contribution is 2.24. The van der Waals surface area contributed by atoms with E-state index in [2.05, 4.69) is 27.7 Å². The lowest BCUT2D eigenvalue weighted by atomic mass is 10.0. The molecule has 0 aromatic carbocycles. The zero-order valence-electron chi connectivity index (χ0n) is 12.8. The maximum Gasteiger partial charge on any atom is 0.222 e. The van der Waals surface area contributed by atoms with Gasteiger partial charge in [-0.2, -0.15) is 0 Å². The van der Waals surface area contributed by atoms with Crippen LogP contribution in [0.1, 0.15) is 36.1 Å². The van der Waals surface area contributed by atoms with Crippen LogP contribution in [-0.4, -0.2) is 53.1 Å². The van der Waals surface area contributed by atoms with Crippen molar-refractivity contribution >= 4 is 17.2 Å². The minimum Gasteiger partial charge on any atom is -0.384 e. The molecule has 0 radical (unpaired) electrons. The fourth-order valence-electron chi connectivity index (χ4n) is 3.34. The van der Waals surface area contributed by atoms with Gasteiger partial charge in [-0.15, -0.1) is 11.3 Å². The van der Waals surface area contributed by atoms with Gasteiger partial charge in [0.15, 0.2) is 0 Å². The van der Waals surface area contributed by atoms with Gasteiger partial charge in [-0.05, 0) is 25.3 Å². The maximum absolute atomic E-state index is 11.8. The van der Waals surface area contributed by atoms with Crippen molar-refractivity contribution in [3.8, 4) is 11.8 Å². The second-order valence-corrected chi connectivity index (χ2v) is 6.96. The van der Waals surface area contributed by atoms with Gasteiger partial charge in [-0.3, -0.25) is 9.69 Å². The van der Waals surface area contributed by atoms with E-state index in [1.807, 2.05) is 5.38 Å². The van der Waals surface area contributed by atoms with Crippen LogP contribution in [0.4, 0.5) is 0 Å². The van der Waals surface area contributed by atoms with Gasteiger partial charge in [-0.1, -0.05) is 11.8 Å². The highest BCUT2D eigenvalue weighted by Gasteiger charge is 2.30. The second kappa shape index (κ2) is 7.28. The van der Waals surface area contributed by atoms with Crippen molar-refractivity contribution < 1.29 is 9.90 Å². The van der Waals surface area contributed by atoms with Gasteiger partial charge in [0.25, 0.3) is 0 Å². The Kier molecular flexibility index (Phi) is 5.14. The zero-order chi connectivity index (χ0) is 15.4. The third-order valence-electron chi connectivity index (χ3n) is 4.45. The summed E-state index contributed by atoms with van der Waals surface area (Å²) in [6, 6.07) is 2.57. The summed E-state index contributed by atoms with van der Waals surface area (Å²) in [5.74, 6) is 5.98. The molecule has 3 rings (SSSR count). The van der Waals surface area contributed by atoms with E-state index in [0.29, 0.717) is 11.9 Å². The number of amides is 1. The van der Waals surface area contributed by atoms with Gasteiger partial charge in [0.05, 0.1) is 0 Å². The summed E-state index contributed by atoms with van der Waals surface area (Å²) < 4.78 is 0. The molecule has 0 aliphatic carbocycles. The average Bonchev–Trinajstić information content (AvgIpc) is 3.15. The van der Waals surface area contributed by atoms with E-state index in [4.69, 9.17) is 5.11 Å². The highest BCUT2D eigenvalue weighted by molar-refractivity contribution is 7.10. The van der Waals surface area contributed by atoms with Gasteiger partial charge < -0.3 is 10.0 Å². The molecule has 0 bridgehead atoms. The van der Waals surface area contributed by atoms with Gasteiger partial charge in [0.2, 0.25) is 5.91 Å². The predicted molar refractivity (Wildman–Crippen MR) is 87.5 cm³/mol. The number of nitrogens with zero attached hydrogens (tertiary/aromatic N) is 2. The maximum atomic E-state index is 11.8. The molecular formula is C17H22N2O2S. The summed E-state index contributed by atoms with van der Waals surface area (Å²) in [7, 11) is 0. The van der Waals surface area contributed by atoms with Crippen LogP contribution in [0.2, 0.25) is 0 Å². The topological polar surface area (TPSA) is 43.8 Å². The number of likely N-dealkylation sites (tertiary alicyclic amines) is 2. The summed E-state index contributed by atoms with van der Waals surface area (Å²) in [4.78, 5) is 17.7. The van der Waals surface area contributed by atoms with Crippen molar-refractivity contribution in [1.29, 1.82) is 0 Å². The third-order valence-corrected chi connectivity index (χ3v) is 5.37. The van der Waals surface area contributed by atoms with Crippen molar-refractivity contribution in [3.05, 3.63) is 21.9 Å². The average molecular weight is 318 g/mol. The van der Waals surface area contributed by atoms with Crippen LogP contribution in [0.25, 0.3) is 0 Å². The van der Waals surface area contributed by atoms with Crippen LogP contribution in [0.15, 0.2) is 11.4 Å². The standard InChI is InChI=1S/C17H22N2O2S/c20-10-2-3-14-11-16(22-13-14)12-18-8-5-15(6-9-18)19-7-1-4-17(19)21/h11,13,15,20H,1,4-10,12H2. The monoisotopic (exact) mass is 318 g/mol. The van der Waals surface area contributed by atoms with E-state index in [1.54, 1.807) is 11.3 Å². The molecule has 1 amide bonds. The molecule has 4 nitrogen and oxygen atoms in total. The molecule has 3 heterocycles. The number of aliphatic hydroxyl groups is 1. The molecule has 2 saturated heterocycles. The largest absolute Gasteiger partial charge is 0.384 e. The van der Waals surface area contributed by atoms with Crippen LogP contribution >= 0.6 is 11.3 Å². The molecular weight excluding hydrogens is 296 g/mol. The first-order valence-electron chi connectivity index (χ1n) is 7.95. The lowest BCUT2D eigenvalue weighted by molar-refractivity contribution is -0.130. The number of rotatable bonds is 3. The Balaban J connectivity index is 1.49. The fourth-order valence-corrected chi connectivity index (χ4v) is 4.19. The molecule has 2 aliphatic heterocycles. The van der Waals surface area contributed by atoms with E-state index >= 15 is 0 Å². The smallest absolute Gasteiger partial charge is 0.222 e. The molecule has 2 aliphatic rings. The first-order valence-corrected chi connectivity index (χ1v) is 8.83. The zero-order valence-corrected chi connectivity index (χ0v) is 13.6. The normalized spacial score (nSPS) is 20.2. The second-order valence-electron chi connectivity index (χ2n) is 5.96. The SMILES string of the molecule is O=C1CCCN1C1CCN(Cc2cc(C#CCO)cs2)CC1. The van der Waals surface area contributed by atoms with E-state index in [0.717, 1.165) is 57.4 Å². The fraction of sp³-hybridized carbons (Fsp3) is 0.588. The molecule has 1 aromatic rings. The lowest BCUT2D eigenvalue weighted by Crippen LogP contribution is -2.45. The van der Waals surface area contributed by atoms with Crippen molar-refractivity contribution in [2.75, 3.05) is 26.2 Å². The minimum absolute atomic E-state index is 0.0894. The number of aliphatic hydroxyl groups excluding tert-OH is 1. The summed E-state index contributed by atoms with van der Waals surface area (Å²) in [5, 5.41) is 10.8. The number of hydrogen-bond donors (Lipinski definition) is 1. The summed E-state index contributed by atoms with van der Waals surface area (Å²) in [5.41, 5.74) is 0.992. The van der Waals surface area contributed by atoms with Crippen molar-refractivity contribution in [2.45, 2.75) is 38.3 Å². The van der Waals surface area contributed by atoms with Crippen molar-refractivity contribution in [3.63, 3.8) is 0 Å². The van der Waals surface area contributed by atoms with Gasteiger partial charge in [0, 0.05) is 54.5 Å². The first-order chi connectivity index (χ1) is 10.8. The Morgan fingerprint density at radius 1 is 1.32 bits per heavy atom. The Morgan fingerprint density at radius 2 is 2.14 bits per heavy atom. The molecule has 22 heavy (non-hydrogen) atoms. The Hall–Kier alpha value is -1.35. The number of carbonyl (C=O) groups excluding carboxylic acids is 1. The van der Waals surface area contributed by atoms with Gasteiger partial charge in [-0.25, -0.2) is 0 Å². The van der Waals surface area contributed by atoms with Crippen molar-refractivity contribution in [1.82, 2.24) is 9.80 Å². The number of carbonyl (C=O) groups is 1. The molecule has 0 atom stereocenters. The molecule has 0 spiro atoms. The van der Waals surface area contributed by atoms with Gasteiger partial charge >= 0.3 is 0 Å². The predicted octanol–water partition coefficient (Wildman–Crippen LogP) is 1.68. The lowest BCUT2D eigenvalue weighted by Gasteiger charge is -2.36. The summed E-state index contributed by atoms with van der Waals surface area (Å²) >= 11 is 1.73. The van der Waals surface area contributed by atoms with Crippen molar-refractivity contribution in [2.24, 2.45) is 0 Å². The molecule has 0 unspecified atom stereocenters. The van der Waals surface area contributed by atoms with Crippen LogP contribution in [-0.2, 0) is 11.3 Å². The summed E-state index contributed by atoms with van der Waals surface area (Å²) in [6.07, 6.45) is 3.96. The Bertz CT molecular complexity index is 579. The van der Waals surface area contributed by atoms with Gasteiger partial charge in [0.1, 0.15) is 6.61 Å². The number of thiophene rings is 1. The molecule has 1 N–H and O–H groups in total.